The molecule has 6 nitrogen and oxygen atoms in total. The van der Waals surface area contributed by atoms with Gasteiger partial charge in [-0.1, -0.05) is 42.5 Å². The molecule has 156 valence electrons. The molecule has 1 amide bonds. The van der Waals surface area contributed by atoms with Crippen LogP contribution in [0.4, 0.5) is 0 Å². The standard InChI is InChI=1S/C22H28N4O2.HI/c1-23-22(25-14-17-7-3-2-4-8-17)26-15-18-9-5-10-19(13-18)21(27)24-16-20-11-6-12-28-20;/h2-5,7-10,13,20H,6,11-12,14-16H2,1H3,(H,24,27)(H2,23,25,26);1H. The predicted molar refractivity (Wildman–Crippen MR) is 127 cm³/mol. The van der Waals surface area contributed by atoms with Crippen LogP contribution in [0.5, 0.6) is 0 Å². The van der Waals surface area contributed by atoms with Crippen LogP contribution in [-0.2, 0) is 17.8 Å². The molecular weight excluding hydrogens is 479 g/mol. The molecule has 7 heteroatoms. The number of nitrogens with zero attached hydrogens (tertiary/aromatic N) is 1. The van der Waals surface area contributed by atoms with Crippen molar-refractivity contribution in [3.63, 3.8) is 0 Å². The molecule has 29 heavy (non-hydrogen) atoms. The summed E-state index contributed by atoms with van der Waals surface area (Å²) in [6, 6.07) is 17.8. The fourth-order valence-corrected chi connectivity index (χ4v) is 3.12. The van der Waals surface area contributed by atoms with Crippen LogP contribution >= 0.6 is 24.0 Å². The summed E-state index contributed by atoms with van der Waals surface area (Å²) >= 11 is 0. The van der Waals surface area contributed by atoms with Crippen molar-refractivity contribution >= 4 is 35.8 Å². The highest BCUT2D eigenvalue weighted by molar-refractivity contribution is 14.0. The van der Waals surface area contributed by atoms with E-state index in [4.69, 9.17) is 4.74 Å². The summed E-state index contributed by atoms with van der Waals surface area (Å²) in [5, 5.41) is 9.54. The number of halogens is 1. The quantitative estimate of drug-likeness (QED) is 0.306. The Morgan fingerprint density at radius 1 is 1.03 bits per heavy atom. The highest BCUT2D eigenvalue weighted by Gasteiger charge is 2.16. The van der Waals surface area contributed by atoms with Gasteiger partial charge in [-0.25, -0.2) is 0 Å². The predicted octanol–water partition coefficient (Wildman–Crippen LogP) is 3.08. The van der Waals surface area contributed by atoms with E-state index in [2.05, 4.69) is 33.1 Å². The van der Waals surface area contributed by atoms with Crippen molar-refractivity contribution in [1.82, 2.24) is 16.0 Å². The second-order valence-electron chi connectivity index (χ2n) is 6.81. The molecule has 1 heterocycles. The maximum atomic E-state index is 12.4. The molecule has 0 radical (unpaired) electrons. The van der Waals surface area contributed by atoms with Gasteiger partial charge in [0.2, 0.25) is 0 Å². The summed E-state index contributed by atoms with van der Waals surface area (Å²) in [6.07, 6.45) is 2.23. The molecule has 1 fully saturated rings. The van der Waals surface area contributed by atoms with Crippen LogP contribution in [-0.4, -0.2) is 38.2 Å². The summed E-state index contributed by atoms with van der Waals surface area (Å²) in [5.41, 5.74) is 2.87. The minimum atomic E-state index is -0.0658. The van der Waals surface area contributed by atoms with Crippen molar-refractivity contribution in [1.29, 1.82) is 0 Å². The van der Waals surface area contributed by atoms with E-state index in [9.17, 15) is 4.79 Å². The number of aliphatic imine (C=N–C) groups is 1. The van der Waals surface area contributed by atoms with Crippen LogP contribution in [0, 0.1) is 0 Å². The van der Waals surface area contributed by atoms with Gasteiger partial charge < -0.3 is 20.7 Å². The first kappa shape index (κ1) is 23.2. The van der Waals surface area contributed by atoms with Gasteiger partial charge in [0, 0.05) is 38.9 Å². The Labute approximate surface area is 189 Å². The normalized spacial score (nSPS) is 16.0. The zero-order chi connectivity index (χ0) is 19.6. The van der Waals surface area contributed by atoms with Gasteiger partial charge in [0.05, 0.1) is 6.10 Å². The second kappa shape index (κ2) is 12.4. The van der Waals surface area contributed by atoms with E-state index in [1.165, 1.54) is 5.56 Å². The molecule has 2 aromatic rings. The SMILES string of the molecule is CN=C(NCc1ccccc1)NCc1cccc(C(=O)NCC2CCCO2)c1.I. The molecule has 1 aliphatic rings. The maximum absolute atomic E-state index is 12.4. The number of nitrogens with one attached hydrogen (secondary N) is 3. The molecule has 3 rings (SSSR count). The number of ether oxygens (including phenoxy) is 1. The highest BCUT2D eigenvalue weighted by Crippen LogP contribution is 2.11. The first-order valence-corrected chi connectivity index (χ1v) is 9.72. The van der Waals surface area contributed by atoms with Crippen molar-refractivity contribution in [2.75, 3.05) is 20.2 Å². The van der Waals surface area contributed by atoms with Crippen LogP contribution in [0.2, 0.25) is 0 Å². The molecule has 1 aliphatic heterocycles. The average Bonchev–Trinajstić information content (AvgIpc) is 3.27. The number of hydrogen-bond acceptors (Lipinski definition) is 3. The Hall–Kier alpha value is -2.13. The molecule has 3 N–H and O–H groups in total. The lowest BCUT2D eigenvalue weighted by atomic mass is 10.1. The lowest BCUT2D eigenvalue weighted by Crippen LogP contribution is -2.36. The zero-order valence-electron chi connectivity index (χ0n) is 16.7. The van der Waals surface area contributed by atoms with Gasteiger partial charge in [0.15, 0.2) is 5.96 Å². The Bertz CT molecular complexity index is 792. The lowest BCUT2D eigenvalue weighted by Gasteiger charge is -2.13. The van der Waals surface area contributed by atoms with Gasteiger partial charge in [-0.05, 0) is 36.1 Å². The van der Waals surface area contributed by atoms with Crippen molar-refractivity contribution < 1.29 is 9.53 Å². The van der Waals surface area contributed by atoms with E-state index in [1.807, 2.05) is 42.5 Å². The smallest absolute Gasteiger partial charge is 0.251 e. The van der Waals surface area contributed by atoms with E-state index < -0.39 is 0 Å². The van der Waals surface area contributed by atoms with Crippen LogP contribution < -0.4 is 16.0 Å². The highest BCUT2D eigenvalue weighted by atomic mass is 127. The van der Waals surface area contributed by atoms with Gasteiger partial charge >= 0.3 is 0 Å². The van der Waals surface area contributed by atoms with Crippen LogP contribution in [0.25, 0.3) is 0 Å². The minimum absolute atomic E-state index is 0. The Balaban J connectivity index is 0.00000300. The number of carbonyl (C=O) groups excluding carboxylic acids is 1. The number of carbonyl (C=O) groups is 1. The zero-order valence-corrected chi connectivity index (χ0v) is 19.0. The third-order valence-corrected chi connectivity index (χ3v) is 4.69. The number of guanidine groups is 1. The monoisotopic (exact) mass is 508 g/mol. The maximum Gasteiger partial charge on any atom is 0.251 e. The largest absolute Gasteiger partial charge is 0.376 e. The Morgan fingerprint density at radius 2 is 1.76 bits per heavy atom. The van der Waals surface area contributed by atoms with Crippen molar-refractivity contribution in [2.45, 2.75) is 32.0 Å². The van der Waals surface area contributed by atoms with Crippen LogP contribution in [0.3, 0.4) is 0 Å². The second-order valence-corrected chi connectivity index (χ2v) is 6.81. The average molecular weight is 508 g/mol. The van der Waals surface area contributed by atoms with E-state index in [1.54, 1.807) is 7.05 Å². The minimum Gasteiger partial charge on any atom is -0.376 e. The van der Waals surface area contributed by atoms with Gasteiger partial charge in [-0.2, -0.15) is 0 Å². The summed E-state index contributed by atoms with van der Waals surface area (Å²) in [5.74, 6) is 0.654. The van der Waals surface area contributed by atoms with E-state index >= 15 is 0 Å². The number of amides is 1. The van der Waals surface area contributed by atoms with Crippen LogP contribution in [0.1, 0.15) is 34.3 Å². The number of benzene rings is 2. The van der Waals surface area contributed by atoms with Gasteiger partial charge in [0.25, 0.3) is 5.91 Å². The third-order valence-electron chi connectivity index (χ3n) is 4.69. The molecule has 0 aromatic heterocycles. The molecule has 2 aromatic carbocycles. The van der Waals surface area contributed by atoms with E-state index in [-0.39, 0.29) is 36.0 Å². The number of rotatable bonds is 7. The first-order chi connectivity index (χ1) is 13.7. The van der Waals surface area contributed by atoms with Crippen molar-refractivity contribution in [2.24, 2.45) is 4.99 Å². The van der Waals surface area contributed by atoms with Crippen molar-refractivity contribution in [3.05, 3.63) is 71.3 Å². The fraction of sp³-hybridized carbons (Fsp3) is 0.364. The topological polar surface area (TPSA) is 74.8 Å². The summed E-state index contributed by atoms with van der Waals surface area (Å²) in [6.45, 7) is 2.65. The first-order valence-electron chi connectivity index (χ1n) is 9.72. The summed E-state index contributed by atoms with van der Waals surface area (Å²) in [4.78, 5) is 16.6. The Kier molecular flexibility index (Phi) is 9.93. The lowest BCUT2D eigenvalue weighted by molar-refractivity contribution is 0.0857. The Morgan fingerprint density at radius 3 is 2.45 bits per heavy atom. The molecule has 1 unspecified atom stereocenters. The molecule has 0 spiro atoms. The third kappa shape index (κ3) is 7.66. The summed E-state index contributed by atoms with van der Waals surface area (Å²) in [7, 11) is 1.75. The number of hydrogen-bond donors (Lipinski definition) is 3. The van der Waals surface area contributed by atoms with Gasteiger partial charge in [-0.15, -0.1) is 24.0 Å². The van der Waals surface area contributed by atoms with Crippen molar-refractivity contribution in [3.8, 4) is 0 Å². The molecule has 0 aliphatic carbocycles. The van der Waals surface area contributed by atoms with Crippen LogP contribution in [0.15, 0.2) is 59.6 Å². The fourth-order valence-electron chi connectivity index (χ4n) is 3.12. The van der Waals surface area contributed by atoms with Gasteiger partial charge in [0.1, 0.15) is 0 Å². The molecule has 1 saturated heterocycles. The molecule has 0 saturated carbocycles. The summed E-state index contributed by atoms with van der Waals surface area (Å²) < 4.78 is 5.55. The van der Waals surface area contributed by atoms with E-state index in [0.717, 1.165) is 31.0 Å². The molecular formula is C22H29IN4O2. The molecule has 1 atom stereocenters. The molecule has 0 bridgehead atoms. The van der Waals surface area contributed by atoms with E-state index in [0.29, 0.717) is 25.2 Å². The van der Waals surface area contributed by atoms with Gasteiger partial charge in [-0.3, -0.25) is 9.79 Å².